The summed E-state index contributed by atoms with van der Waals surface area (Å²) in [6.07, 6.45) is 3.71. The zero-order valence-corrected chi connectivity index (χ0v) is 13.7. The number of pyridine rings is 1. The van der Waals surface area contributed by atoms with Crippen LogP contribution in [0.4, 0.5) is 17.3 Å². The van der Waals surface area contributed by atoms with Crippen molar-refractivity contribution in [2.75, 3.05) is 11.1 Å². The molecule has 0 unspecified atom stereocenters. The molecule has 0 fully saturated rings. The van der Waals surface area contributed by atoms with E-state index in [1.165, 1.54) is 0 Å². The number of nitrogens with one attached hydrogen (secondary N) is 2. The van der Waals surface area contributed by atoms with E-state index in [-0.39, 0.29) is 0 Å². The maximum atomic E-state index is 6.22. The molecule has 4 rings (SSSR count). The highest BCUT2D eigenvalue weighted by Gasteiger charge is 2.15. The largest absolute Gasteiger partial charge is 0.399 e. The Bertz CT molecular complexity index is 1020. The lowest BCUT2D eigenvalue weighted by Crippen LogP contribution is -1.93. The number of aryl methyl sites for hydroxylation is 1. The van der Waals surface area contributed by atoms with Gasteiger partial charge in [-0.1, -0.05) is 11.6 Å². The van der Waals surface area contributed by atoms with Crippen molar-refractivity contribution in [1.29, 1.82) is 0 Å². The summed E-state index contributed by atoms with van der Waals surface area (Å²) >= 11 is 6.22. The molecule has 24 heavy (non-hydrogen) atoms. The molecule has 0 bridgehead atoms. The topological polar surface area (TPSA) is 84.0 Å². The minimum absolute atomic E-state index is 0.617. The van der Waals surface area contributed by atoms with E-state index in [1.54, 1.807) is 6.20 Å². The molecule has 0 aliphatic rings. The maximum Gasteiger partial charge on any atom is 0.205 e. The van der Waals surface area contributed by atoms with E-state index in [0.717, 1.165) is 34.1 Å². The van der Waals surface area contributed by atoms with Gasteiger partial charge in [-0.3, -0.25) is 4.40 Å². The van der Waals surface area contributed by atoms with Gasteiger partial charge >= 0.3 is 0 Å². The van der Waals surface area contributed by atoms with E-state index >= 15 is 0 Å². The molecule has 0 saturated heterocycles. The number of hydrogen-bond donors (Lipinski definition) is 3. The third-order valence-electron chi connectivity index (χ3n) is 3.78. The van der Waals surface area contributed by atoms with Crippen LogP contribution in [0.1, 0.15) is 5.69 Å². The number of aromatic amines is 1. The summed E-state index contributed by atoms with van der Waals surface area (Å²) in [5.74, 6) is 0.645. The lowest BCUT2D eigenvalue weighted by Gasteiger charge is -2.03. The molecule has 0 spiro atoms. The van der Waals surface area contributed by atoms with Gasteiger partial charge in [0.15, 0.2) is 5.65 Å². The van der Waals surface area contributed by atoms with Crippen molar-refractivity contribution in [2.45, 2.75) is 6.92 Å². The number of rotatable bonds is 3. The summed E-state index contributed by atoms with van der Waals surface area (Å²) in [6.45, 7) is 1.95. The normalized spacial score (nSPS) is 11.1. The molecule has 0 aliphatic heterocycles. The van der Waals surface area contributed by atoms with Gasteiger partial charge in [-0.05, 0) is 43.3 Å². The molecular weight excluding hydrogens is 324 g/mol. The van der Waals surface area contributed by atoms with E-state index < -0.39 is 0 Å². The van der Waals surface area contributed by atoms with E-state index in [4.69, 9.17) is 17.3 Å². The van der Waals surface area contributed by atoms with Crippen molar-refractivity contribution < 1.29 is 0 Å². The third kappa shape index (κ3) is 2.47. The first-order valence-electron chi connectivity index (χ1n) is 7.43. The van der Waals surface area contributed by atoms with Gasteiger partial charge in [-0.15, -0.1) is 0 Å². The van der Waals surface area contributed by atoms with Crippen molar-refractivity contribution >= 4 is 34.6 Å². The number of nitrogen functional groups attached to an aromatic ring is 1. The van der Waals surface area contributed by atoms with Crippen molar-refractivity contribution in [3.8, 4) is 11.4 Å². The Kier molecular flexibility index (Phi) is 3.39. The second-order valence-electron chi connectivity index (χ2n) is 5.49. The van der Waals surface area contributed by atoms with Gasteiger partial charge in [0.2, 0.25) is 5.95 Å². The zero-order chi connectivity index (χ0) is 16.7. The Balaban J connectivity index is 1.71. The predicted molar refractivity (Wildman–Crippen MR) is 96.7 cm³/mol. The number of hydrogen-bond acceptors (Lipinski definition) is 4. The fraction of sp³-hybridized carbons (Fsp3) is 0.0588. The van der Waals surface area contributed by atoms with Crippen LogP contribution in [0.25, 0.3) is 17.0 Å². The smallest absolute Gasteiger partial charge is 0.205 e. The number of anilines is 3. The molecule has 0 amide bonds. The summed E-state index contributed by atoms with van der Waals surface area (Å²) in [5, 5.41) is 3.83. The fourth-order valence-electron chi connectivity index (χ4n) is 2.68. The highest BCUT2D eigenvalue weighted by Crippen LogP contribution is 2.28. The molecule has 120 valence electrons. The molecule has 0 saturated carbocycles. The molecule has 6 nitrogen and oxygen atoms in total. The summed E-state index contributed by atoms with van der Waals surface area (Å²) in [4.78, 5) is 12.2. The van der Waals surface area contributed by atoms with Gasteiger partial charge < -0.3 is 16.0 Å². The van der Waals surface area contributed by atoms with Crippen LogP contribution in [-0.2, 0) is 0 Å². The van der Waals surface area contributed by atoms with Crippen LogP contribution < -0.4 is 11.1 Å². The monoisotopic (exact) mass is 338 g/mol. The third-order valence-corrected chi connectivity index (χ3v) is 4.08. The van der Waals surface area contributed by atoms with Gasteiger partial charge in [0.05, 0.1) is 28.3 Å². The molecule has 4 N–H and O–H groups in total. The number of imidazole rings is 2. The number of fused-ring (bicyclic) bond motifs is 1. The molecule has 4 aromatic rings. The van der Waals surface area contributed by atoms with Gasteiger partial charge in [-0.25, -0.2) is 9.97 Å². The lowest BCUT2D eigenvalue weighted by molar-refractivity contribution is 1.17. The first-order valence-corrected chi connectivity index (χ1v) is 7.81. The lowest BCUT2D eigenvalue weighted by atomic mass is 10.3. The Hall–Kier alpha value is -2.99. The number of H-pyrrole nitrogens is 1. The highest BCUT2D eigenvalue weighted by molar-refractivity contribution is 6.33. The standard InChI is InChI=1S/C17H15ClN6/c1-10-15(24-8-2-3-13(18)16(24)21-10)14-9-20-17(23-14)22-12-6-4-11(19)5-7-12/h2-9H,19H2,1H3,(H2,20,22,23). The van der Waals surface area contributed by atoms with Crippen molar-refractivity contribution in [3.05, 3.63) is 59.5 Å². The van der Waals surface area contributed by atoms with Crippen LogP contribution in [0.15, 0.2) is 48.8 Å². The van der Waals surface area contributed by atoms with Crippen LogP contribution in [-0.4, -0.2) is 19.4 Å². The average molecular weight is 339 g/mol. The first kappa shape index (κ1) is 14.6. The molecule has 0 atom stereocenters. The van der Waals surface area contributed by atoms with Crippen molar-refractivity contribution in [2.24, 2.45) is 0 Å². The van der Waals surface area contributed by atoms with Crippen LogP contribution in [0, 0.1) is 6.92 Å². The molecule has 0 radical (unpaired) electrons. The molecule has 3 aromatic heterocycles. The molecule has 0 aliphatic carbocycles. The van der Waals surface area contributed by atoms with E-state index in [2.05, 4.69) is 20.3 Å². The van der Waals surface area contributed by atoms with Gasteiger partial charge in [0.25, 0.3) is 0 Å². The summed E-state index contributed by atoms with van der Waals surface area (Å²) < 4.78 is 1.96. The summed E-state index contributed by atoms with van der Waals surface area (Å²) in [6, 6.07) is 11.2. The maximum absolute atomic E-state index is 6.22. The molecular formula is C17H15ClN6. The van der Waals surface area contributed by atoms with Crippen LogP contribution in [0.2, 0.25) is 5.02 Å². The van der Waals surface area contributed by atoms with Gasteiger partial charge in [0, 0.05) is 17.6 Å². The fourth-order valence-corrected chi connectivity index (χ4v) is 2.89. The summed E-state index contributed by atoms with van der Waals surface area (Å²) in [5.41, 5.74) is 10.7. The van der Waals surface area contributed by atoms with Gasteiger partial charge in [0.1, 0.15) is 0 Å². The van der Waals surface area contributed by atoms with E-state index in [0.29, 0.717) is 11.0 Å². The number of halogens is 1. The van der Waals surface area contributed by atoms with Crippen LogP contribution >= 0.6 is 11.6 Å². The second kappa shape index (κ2) is 5.58. The highest BCUT2D eigenvalue weighted by atomic mass is 35.5. The SMILES string of the molecule is Cc1nc2c(Cl)cccn2c1-c1cnc(Nc2ccc(N)cc2)[nH]1. The predicted octanol–water partition coefficient (Wildman–Crippen LogP) is 4.01. The van der Waals surface area contributed by atoms with Crippen molar-refractivity contribution in [3.63, 3.8) is 0 Å². The number of nitrogens with zero attached hydrogens (tertiary/aromatic N) is 3. The quantitative estimate of drug-likeness (QED) is 0.493. The molecule has 3 heterocycles. The average Bonchev–Trinajstić information content (AvgIpc) is 3.14. The Morgan fingerprint density at radius 3 is 2.79 bits per heavy atom. The second-order valence-corrected chi connectivity index (χ2v) is 5.90. The minimum atomic E-state index is 0.617. The van der Waals surface area contributed by atoms with E-state index in [1.807, 2.05) is 53.9 Å². The Morgan fingerprint density at radius 1 is 1.21 bits per heavy atom. The first-order chi connectivity index (χ1) is 11.6. The summed E-state index contributed by atoms with van der Waals surface area (Å²) in [7, 11) is 0. The van der Waals surface area contributed by atoms with Crippen LogP contribution in [0.3, 0.4) is 0 Å². The molecule has 7 heteroatoms. The number of aromatic nitrogens is 4. The van der Waals surface area contributed by atoms with Gasteiger partial charge in [-0.2, -0.15) is 0 Å². The van der Waals surface area contributed by atoms with Crippen LogP contribution in [0.5, 0.6) is 0 Å². The number of nitrogens with two attached hydrogens (primary N) is 1. The minimum Gasteiger partial charge on any atom is -0.399 e. The van der Waals surface area contributed by atoms with E-state index in [9.17, 15) is 0 Å². The van der Waals surface area contributed by atoms with Crippen molar-refractivity contribution in [1.82, 2.24) is 19.4 Å². The number of benzene rings is 1. The Morgan fingerprint density at radius 2 is 2.00 bits per heavy atom. The Labute approximate surface area is 143 Å². The zero-order valence-electron chi connectivity index (χ0n) is 12.9. The molecule has 1 aromatic carbocycles.